The number of hydrogen-bond acceptors (Lipinski definition) is 4. The number of methoxy groups -OCH3 is 1. The van der Waals surface area contributed by atoms with Crippen molar-refractivity contribution in [2.24, 2.45) is 0 Å². The van der Waals surface area contributed by atoms with Crippen molar-refractivity contribution in [3.63, 3.8) is 0 Å². The van der Waals surface area contributed by atoms with Crippen LogP contribution in [-0.4, -0.2) is 36.6 Å². The van der Waals surface area contributed by atoms with Gasteiger partial charge in [-0.15, -0.1) is 12.4 Å². The standard InChI is InChI=1S/C17H19Cl2N3O.ClH/c1-23-17-8-14(18)13(7-15(17)19)11-22-6-5-21-10-16(22)12-3-2-4-20-9-12;/h2-4,7-9,16,21H,5-6,10-11H2,1H3;1H. The Morgan fingerprint density at radius 1 is 1.33 bits per heavy atom. The van der Waals surface area contributed by atoms with Crippen LogP contribution in [0.15, 0.2) is 36.7 Å². The van der Waals surface area contributed by atoms with Crippen molar-refractivity contribution in [1.29, 1.82) is 0 Å². The lowest BCUT2D eigenvalue weighted by Crippen LogP contribution is -2.45. The van der Waals surface area contributed by atoms with E-state index in [1.807, 2.05) is 18.3 Å². The van der Waals surface area contributed by atoms with Crippen LogP contribution in [0.2, 0.25) is 10.0 Å². The van der Waals surface area contributed by atoms with Crippen molar-refractivity contribution < 1.29 is 4.74 Å². The summed E-state index contributed by atoms with van der Waals surface area (Å²) in [6.07, 6.45) is 3.72. The molecule has 0 amide bonds. The molecule has 1 atom stereocenters. The predicted octanol–water partition coefficient (Wildman–Crippen LogP) is 3.97. The van der Waals surface area contributed by atoms with E-state index in [9.17, 15) is 0 Å². The molecule has 1 aromatic carbocycles. The Morgan fingerprint density at radius 3 is 2.88 bits per heavy atom. The Labute approximate surface area is 158 Å². The largest absolute Gasteiger partial charge is 0.495 e. The summed E-state index contributed by atoms with van der Waals surface area (Å²) in [5.74, 6) is 0.601. The van der Waals surface area contributed by atoms with Crippen molar-refractivity contribution in [2.45, 2.75) is 12.6 Å². The van der Waals surface area contributed by atoms with E-state index in [0.29, 0.717) is 15.8 Å². The van der Waals surface area contributed by atoms with E-state index in [4.69, 9.17) is 27.9 Å². The summed E-state index contributed by atoms with van der Waals surface area (Å²) >= 11 is 12.6. The number of halogens is 3. The average molecular weight is 389 g/mol. The molecule has 24 heavy (non-hydrogen) atoms. The summed E-state index contributed by atoms with van der Waals surface area (Å²) in [6.45, 7) is 3.54. The first-order valence-corrected chi connectivity index (χ1v) is 8.31. The predicted molar refractivity (Wildman–Crippen MR) is 101 cm³/mol. The number of aromatic nitrogens is 1. The summed E-state index contributed by atoms with van der Waals surface area (Å²) in [7, 11) is 1.59. The highest BCUT2D eigenvalue weighted by Crippen LogP contribution is 2.33. The van der Waals surface area contributed by atoms with Crippen molar-refractivity contribution in [1.82, 2.24) is 15.2 Å². The molecule has 2 aromatic rings. The van der Waals surface area contributed by atoms with Crippen molar-refractivity contribution in [2.75, 3.05) is 26.7 Å². The highest BCUT2D eigenvalue weighted by atomic mass is 35.5. The first kappa shape index (κ1) is 19.3. The summed E-state index contributed by atoms with van der Waals surface area (Å²) in [5, 5.41) is 4.70. The fourth-order valence-electron chi connectivity index (χ4n) is 2.90. The van der Waals surface area contributed by atoms with Gasteiger partial charge in [-0.3, -0.25) is 9.88 Å². The van der Waals surface area contributed by atoms with Crippen molar-refractivity contribution in [3.05, 3.63) is 57.8 Å². The van der Waals surface area contributed by atoms with Crippen LogP contribution < -0.4 is 10.1 Å². The molecule has 1 aromatic heterocycles. The second-order valence-electron chi connectivity index (χ2n) is 5.55. The van der Waals surface area contributed by atoms with Crippen LogP contribution in [-0.2, 0) is 6.54 Å². The second-order valence-corrected chi connectivity index (χ2v) is 6.37. The topological polar surface area (TPSA) is 37.4 Å². The van der Waals surface area contributed by atoms with Gasteiger partial charge in [0.15, 0.2) is 0 Å². The van der Waals surface area contributed by atoms with Gasteiger partial charge in [0.2, 0.25) is 0 Å². The molecule has 1 N–H and O–H groups in total. The molecule has 0 saturated carbocycles. The summed E-state index contributed by atoms with van der Waals surface area (Å²) in [6, 6.07) is 8.03. The first-order valence-electron chi connectivity index (χ1n) is 7.55. The molecule has 0 radical (unpaired) electrons. The Morgan fingerprint density at radius 2 is 2.17 bits per heavy atom. The number of pyridine rings is 1. The van der Waals surface area contributed by atoms with Gasteiger partial charge < -0.3 is 10.1 Å². The van der Waals surface area contributed by atoms with E-state index in [0.717, 1.165) is 31.7 Å². The van der Waals surface area contributed by atoms with Gasteiger partial charge in [0, 0.05) is 55.7 Å². The molecule has 3 rings (SSSR count). The first-order chi connectivity index (χ1) is 11.2. The fraction of sp³-hybridized carbons (Fsp3) is 0.353. The molecule has 1 aliphatic heterocycles. The third-order valence-corrected chi connectivity index (χ3v) is 4.76. The molecule has 4 nitrogen and oxygen atoms in total. The molecule has 0 aliphatic carbocycles. The number of benzene rings is 1. The molecule has 1 saturated heterocycles. The lowest BCUT2D eigenvalue weighted by Gasteiger charge is -2.36. The molecule has 1 fully saturated rings. The molecule has 1 aliphatic rings. The Hall–Kier alpha value is -1.04. The third kappa shape index (κ3) is 4.32. The Bertz CT molecular complexity index is 670. The zero-order chi connectivity index (χ0) is 16.2. The minimum Gasteiger partial charge on any atom is -0.495 e. The number of nitrogens with one attached hydrogen (secondary N) is 1. The minimum atomic E-state index is 0. The quantitative estimate of drug-likeness (QED) is 0.860. The fourth-order valence-corrected chi connectivity index (χ4v) is 3.38. The van der Waals surface area contributed by atoms with Crippen molar-refractivity contribution in [3.8, 4) is 5.75 Å². The van der Waals surface area contributed by atoms with Crippen LogP contribution in [0.3, 0.4) is 0 Å². The normalized spacial score (nSPS) is 18.0. The van der Waals surface area contributed by atoms with Gasteiger partial charge in [-0.05, 0) is 23.3 Å². The summed E-state index contributed by atoms with van der Waals surface area (Å²) in [5.41, 5.74) is 2.21. The smallest absolute Gasteiger partial charge is 0.138 e. The lowest BCUT2D eigenvalue weighted by molar-refractivity contribution is 0.153. The van der Waals surface area contributed by atoms with Crippen LogP contribution >= 0.6 is 35.6 Å². The highest BCUT2D eigenvalue weighted by molar-refractivity contribution is 6.34. The average Bonchev–Trinajstić information content (AvgIpc) is 2.59. The van der Waals surface area contributed by atoms with Gasteiger partial charge in [-0.1, -0.05) is 29.3 Å². The maximum Gasteiger partial charge on any atom is 0.138 e. The molecular formula is C17H20Cl3N3O. The lowest BCUT2D eigenvalue weighted by atomic mass is 10.0. The van der Waals surface area contributed by atoms with E-state index in [1.165, 1.54) is 5.56 Å². The second kappa shape index (κ2) is 8.88. The van der Waals surface area contributed by atoms with Gasteiger partial charge >= 0.3 is 0 Å². The van der Waals surface area contributed by atoms with E-state index in [1.54, 1.807) is 19.4 Å². The zero-order valence-corrected chi connectivity index (χ0v) is 15.7. The van der Waals surface area contributed by atoms with Gasteiger partial charge in [0.1, 0.15) is 5.75 Å². The third-order valence-electron chi connectivity index (χ3n) is 4.12. The number of ether oxygens (including phenoxy) is 1. The molecule has 130 valence electrons. The zero-order valence-electron chi connectivity index (χ0n) is 13.3. The molecule has 0 spiro atoms. The molecular weight excluding hydrogens is 369 g/mol. The van der Waals surface area contributed by atoms with Gasteiger partial charge in [-0.25, -0.2) is 0 Å². The van der Waals surface area contributed by atoms with Gasteiger partial charge in [-0.2, -0.15) is 0 Å². The molecule has 2 heterocycles. The summed E-state index contributed by atoms with van der Waals surface area (Å²) in [4.78, 5) is 6.64. The molecule has 7 heteroatoms. The molecule has 1 unspecified atom stereocenters. The maximum atomic E-state index is 6.40. The number of hydrogen-bond donors (Lipinski definition) is 1. The summed E-state index contributed by atoms with van der Waals surface area (Å²) < 4.78 is 5.21. The van der Waals surface area contributed by atoms with Crippen LogP contribution in [0.1, 0.15) is 17.2 Å². The van der Waals surface area contributed by atoms with Crippen LogP contribution in [0.25, 0.3) is 0 Å². The number of rotatable bonds is 4. The van der Waals surface area contributed by atoms with E-state index < -0.39 is 0 Å². The van der Waals surface area contributed by atoms with E-state index in [-0.39, 0.29) is 18.4 Å². The SMILES string of the molecule is COc1cc(Cl)c(CN2CCNCC2c2cccnc2)cc1Cl.Cl. The Balaban J connectivity index is 0.00000208. The Kier molecular flexibility index (Phi) is 7.14. The van der Waals surface area contributed by atoms with Crippen LogP contribution in [0, 0.1) is 0 Å². The van der Waals surface area contributed by atoms with Gasteiger partial charge in [0.05, 0.1) is 12.1 Å². The number of nitrogens with zero attached hydrogens (tertiary/aromatic N) is 2. The molecule has 0 bridgehead atoms. The van der Waals surface area contributed by atoms with Crippen LogP contribution in [0.4, 0.5) is 0 Å². The van der Waals surface area contributed by atoms with E-state index >= 15 is 0 Å². The highest BCUT2D eigenvalue weighted by Gasteiger charge is 2.24. The van der Waals surface area contributed by atoms with Crippen LogP contribution in [0.5, 0.6) is 5.75 Å². The maximum absolute atomic E-state index is 6.40. The van der Waals surface area contributed by atoms with Crippen molar-refractivity contribution >= 4 is 35.6 Å². The minimum absolute atomic E-state index is 0. The van der Waals surface area contributed by atoms with E-state index in [2.05, 4.69) is 21.3 Å². The van der Waals surface area contributed by atoms with Gasteiger partial charge in [0.25, 0.3) is 0 Å². The number of piperazine rings is 1. The monoisotopic (exact) mass is 387 g/mol.